The first-order valence-corrected chi connectivity index (χ1v) is 6.27. The topological polar surface area (TPSA) is 77.2 Å². The second-order valence-corrected chi connectivity index (χ2v) is 4.59. The molecule has 0 bridgehead atoms. The van der Waals surface area contributed by atoms with Crippen molar-refractivity contribution in [2.75, 3.05) is 18.2 Å². The van der Waals surface area contributed by atoms with Crippen molar-refractivity contribution < 1.29 is 9.53 Å². The zero-order valence-corrected chi connectivity index (χ0v) is 11.8. The Bertz CT molecular complexity index is 617. The van der Waals surface area contributed by atoms with Gasteiger partial charge in [0, 0.05) is 4.47 Å². The molecule has 0 saturated carbocycles. The maximum atomic E-state index is 11.4. The number of nitrogens with two attached hydrogens (primary N) is 1. The Hall–Kier alpha value is -2.08. The Morgan fingerprint density at radius 3 is 2.74 bits per heavy atom. The molecule has 0 unspecified atom stereocenters. The van der Waals surface area contributed by atoms with Crippen molar-refractivity contribution in [1.29, 1.82) is 0 Å². The molecular weight excluding hydrogens is 310 g/mol. The molecule has 2 rings (SSSR count). The number of carbonyl (C=O) groups excluding carboxylic acids is 1. The zero-order valence-electron chi connectivity index (χ0n) is 10.2. The number of carbonyl (C=O) groups is 1. The molecule has 6 heteroatoms. The summed E-state index contributed by atoms with van der Waals surface area (Å²) in [6.45, 7) is 0. The number of hydrogen-bond acceptors (Lipinski definition) is 5. The largest absolute Gasteiger partial charge is 0.464 e. The van der Waals surface area contributed by atoms with E-state index in [4.69, 9.17) is 5.73 Å². The lowest BCUT2D eigenvalue weighted by Crippen LogP contribution is -2.08. The summed E-state index contributed by atoms with van der Waals surface area (Å²) in [5.74, 6) is -0.0926. The molecule has 0 spiro atoms. The SMILES string of the molecule is COC(=O)c1ccc(N)c(Nc2ccccc2Br)n1. The number of benzene rings is 1. The fourth-order valence-corrected chi connectivity index (χ4v) is 1.86. The molecule has 1 aromatic carbocycles. The molecule has 0 fully saturated rings. The Kier molecular flexibility index (Phi) is 4.01. The van der Waals surface area contributed by atoms with Gasteiger partial charge < -0.3 is 15.8 Å². The van der Waals surface area contributed by atoms with Gasteiger partial charge in [-0.15, -0.1) is 0 Å². The molecular formula is C13H12BrN3O2. The van der Waals surface area contributed by atoms with Gasteiger partial charge in [-0.2, -0.15) is 0 Å². The van der Waals surface area contributed by atoms with E-state index < -0.39 is 5.97 Å². The van der Waals surface area contributed by atoms with Gasteiger partial charge >= 0.3 is 5.97 Å². The minimum absolute atomic E-state index is 0.200. The van der Waals surface area contributed by atoms with Gasteiger partial charge in [-0.25, -0.2) is 9.78 Å². The monoisotopic (exact) mass is 321 g/mol. The number of ether oxygens (including phenoxy) is 1. The molecule has 5 nitrogen and oxygen atoms in total. The summed E-state index contributed by atoms with van der Waals surface area (Å²) in [4.78, 5) is 15.6. The molecule has 2 aromatic rings. The van der Waals surface area contributed by atoms with Crippen molar-refractivity contribution in [3.8, 4) is 0 Å². The molecule has 0 aliphatic carbocycles. The molecule has 1 heterocycles. The van der Waals surface area contributed by atoms with E-state index in [0.29, 0.717) is 11.5 Å². The van der Waals surface area contributed by atoms with E-state index in [-0.39, 0.29) is 5.69 Å². The van der Waals surface area contributed by atoms with Crippen LogP contribution in [-0.4, -0.2) is 18.1 Å². The van der Waals surface area contributed by atoms with E-state index >= 15 is 0 Å². The van der Waals surface area contributed by atoms with Crippen LogP contribution in [0.4, 0.5) is 17.2 Å². The summed E-state index contributed by atoms with van der Waals surface area (Å²) in [7, 11) is 1.31. The highest BCUT2D eigenvalue weighted by atomic mass is 79.9. The number of nitrogens with zero attached hydrogens (tertiary/aromatic N) is 1. The summed E-state index contributed by atoms with van der Waals surface area (Å²) < 4.78 is 5.50. The number of para-hydroxylation sites is 1. The second-order valence-electron chi connectivity index (χ2n) is 3.73. The zero-order chi connectivity index (χ0) is 13.8. The van der Waals surface area contributed by atoms with Crippen molar-refractivity contribution in [3.05, 3.63) is 46.6 Å². The van der Waals surface area contributed by atoms with Crippen LogP contribution in [0.3, 0.4) is 0 Å². The molecule has 1 aromatic heterocycles. The third kappa shape index (κ3) is 3.03. The predicted molar refractivity (Wildman–Crippen MR) is 77.4 cm³/mol. The first-order chi connectivity index (χ1) is 9.11. The van der Waals surface area contributed by atoms with Gasteiger partial charge in [-0.05, 0) is 40.2 Å². The van der Waals surface area contributed by atoms with Gasteiger partial charge in [0.1, 0.15) is 0 Å². The molecule has 0 radical (unpaired) electrons. The van der Waals surface area contributed by atoms with Crippen LogP contribution in [-0.2, 0) is 4.74 Å². The number of aromatic nitrogens is 1. The summed E-state index contributed by atoms with van der Waals surface area (Å²) in [5.41, 5.74) is 7.29. The van der Waals surface area contributed by atoms with Gasteiger partial charge in [-0.3, -0.25) is 0 Å². The maximum Gasteiger partial charge on any atom is 0.356 e. The average molecular weight is 322 g/mol. The minimum atomic E-state index is -0.504. The highest BCUT2D eigenvalue weighted by Crippen LogP contribution is 2.27. The number of pyridine rings is 1. The van der Waals surface area contributed by atoms with Crippen LogP contribution >= 0.6 is 15.9 Å². The van der Waals surface area contributed by atoms with Crippen LogP contribution < -0.4 is 11.1 Å². The number of nitrogen functional groups attached to an aromatic ring is 1. The normalized spacial score (nSPS) is 10.0. The minimum Gasteiger partial charge on any atom is -0.464 e. The molecule has 0 amide bonds. The standard InChI is InChI=1S/C13H12BrN3O2/c1-19-13(18)11-7-6-9(15)12(17-11)16-10-5-3-2-4-8(10)14/h2-7H,15H2,1H3,(H,16,17). The van der Waals surface area contributed by atoms with E-state index in [9.17, 15) is 4.79 Å². The lowest BCUT2D eigenvalue weighted by Gasteiger charge is -2.10. The highest BCUT2D eigenvalue weighted by molar-refractivity contribution is 9.10. The first kappa shape index (κ1) is 13.4. The number of anilines is 3. The Labute approximate surface area is 118 Å². The van der Waals surface area contributed by atoms with Crippen LogP contribution in [0.2, 0.25) is 0 Å². The smallest absolute Gasteiger partial charge is 0.356 e. The van der Waals surface area contributed by atoms with Gasteiger partial charge in [0.25, 0.3) is 0 Å². The molecule has 0 saturated heterocycles. The van der Waals surface area contributed by atoms with Crippen molar-refractivity contribution in [3.63, 3.8) is 0 Å². The number of hydrogen-bond donors (Lipinski definition) is 2. The van der Waals surface area contributed by atoms with E-state index in [0.717, 1.165) is 10.2 Å². The molecule has 3 N–H and O–H groups in total. The van der Waals surface area contributed by atoms with Crippen LogP contribution in [0.15, 0.2) is 40.9 Å². The fourth-order valence-electron chi connectivity index (χ4n) is 1.48. The number of methoxy groups -OCH3 is 1. The highest BCUT2D eigenvalue weighted by Gasteiger charge is 2.11. The first-order valence-electron chi connectivity index (χ1n) is 5.48. The van der Waals surface area contributed by atoms with Crippen molar-refractivity contribution in [2.24, 2.45) is 0 Å². The van der Waals surface area contributed by atoms with Gasteiger partial charge in [0.05, 0.1) is 18.5 Å². The Morgan fingerprint density at radius 1 is 1.32 bits per heavy atom. The van der Waals surface area contributed by atoms with Gasteiger partial charge in [0.15, 0.2) is 11.5 Å². The Balaban J connectivity index is 2.34. The molecule has 0 aliphatic heterocycles. The summed E-state index contributed by atoms with van der Waals surface area (Å²) >= 11 is 3.42. The summed E-state index contributed by atoms with van der Waals surface area (Å²) in [5, 5.41) is 3.07. The lowest BCUT2D eigenvalue weighted by molar-refractivity contribution is 0.0594. The maximum absolute atomic E-state index is 11.4. The van der Waals surface area contributed by atoms with E-state index in [2.05, 4.69) is 31.0 Å². The van der Waals surface area contributed by atoms with E-state index in [1.807, 2.05) is 24.3 Å². The number of halogens is 1. The number of nitrogens with one attached hydrogen (secondary N) is 1. The quantitative estimate of drug-likeness (QED) is 0.850. The number of rotatable bonds is 3. The average Bonchev–Trinajstić information content (AvgIpc) is 2.42. The molecule has 19 heavy (non-hydrogen) atoms. The van der Waals surface area contributed by atoms with Gasteiger partial charge in [-0.1, -0.05) is 12.1 Å². The van der Waals surface area contributed by atoms with E-state index in [1.54, 1.807) is 6.07 Å². The van der Waals surface area contributed by atoms with Gasteiger partial charge in [0.2, 0.25) is 0 Å². The van der Waals surface area contributed by atoms with Crippen LogP contribution in [0.25, 0.3) is 0 Å². The van der Waals surface area contributed by atoms with Crippen LogP contribution in [0.1, 0.15) is 10.5 Å². The Morgan fingerprint density at radius 2 is 2.05 bits per heavy atom. The van der Waals surface area contributed by atoms with Crippen LogP contribution in [0, 0.1) is 0 Å². The molecule has 98 valence electrons. The summed E-state index contributed by atoms with van der Waals surface area (Å²) in [6.07, 6.45) is 0. The van der Waals surface area contributed by atoms with Crippen LogP contribution in [0.5, 0.6) is 0 Å². The third-order valence-corrected chi connectivity index (χ3v) is 3.14. The van der Waals surface area contributed by atoms with Crippen molar-refractivity contribution in [1.82, 2.24) is 4.98 Å². The predicted octanol–water partition coefficient (Wildman–Crippen LogP) is 2.96. The van der Waals surface area contributed by atoms with E-state index in [1.165, 1.54) is 13.2 Å². The lowest BCUT2D eigenvalue weighted by atomic mass is 10.3. The van der Waals surface area contributed by atoms with Crippen molar-refractivity contribution in [2.45, 2.75) is 0 Å². The molecule has 0 atom stereocenters. The molecule has 0 aliphatic rings. The van der Waals surface area contributed by atoms with Crippen molar-refractivity contribution >= 4 is 39.1 Å². The number of esters is 1. The fraction of sp³-hybridized carbons (Fsp3) is 0.0769. The second kappa shape index (κ2) is 5.71. The summed E-state index contributed by atoms with van der Waals surface area (Å²) in [6, 6.07) is 10.7. The third-order valence-electron chi connectivity index (χ3n) is 2.45.